The van der Waals surface area contributed by atoms with Gasteiger partial charge in [-0.05, 0) is 6.92 Å². The molecule has 2 aromatic rings. The van der Waals surface area contributed by atoms with Crippen LogP contribution in [0, 0.1) is 0 Å². The van der Waals surface area contributed by atoms with Gasteiger partial charge in [0.15, 0.2) is 11.5 Å². The van der Waals surface area contributed by atoms with Gasteiger partial charge >= 0.3 is 6.18 Å². The van der Waals surface area contributed by atoms with Gasteiger partial charge in [-0.25, -0.2) is 9.67 Å². The second-order valence-corrected chi connectivity index (χ2v) is 4.00. The van der Waals surface area contributed by atoms with Crippen LogP contribution in [0.1, 0.15) is 23.0 Å². The van der Waals surface area contributed by atoms with Crippen molar-refractivity contribution in [2.45, 2.75) is 13.1 Å². The van der Waals surface area contributed by atoms with Crippen molar-refractivity contribution >= 4 is 11.9 Å². The van der Waals surface area contributed by atoms with Gasteiger partial charge in [0, 0.05) is 18.8 Å². The van der Waals surface area contributed by atoms with Gasteiger partial charge in [-0.1, -0.05) is 0 Å². The number of nitrogens with two attached hydrogens (primary N) is 1. The predicted octanol–water partition coefficient (Wildman–Crippen LogP) is 1.21. The average Bonchev–Trinajstić information content (AvgIpc) is 2.87. The zero-order valence-corrected chi connectivity index (χ0v) is 10.8. The molecule has 1 amide bonds. The van der Waals surface area contributed by atoms with E-state index in [1.807, 2.05) is 0 Å². The van der Waals surface area contributed by atoms with Crippen LogP contribution in [0.15, 0.2) is 18.5 Å². The number of hydrogen-bond donors (Lipinski definition) is 2. The topological polar surface area (TPSA) is 98.7 Å². The molecule has 0 unspecified atom stereocenters. The van der Waals surface area contributed by atoms with Crippen LogP contribution in [0.2, 0.25) is 0 Å². The number of rotatable bonds is 4. The summed E-state index contributed by atoms with van der Waals surface area (Å²) in [6.07, 6.45) is -2.29. The number of primary amides is 1. The van der Waals surface area contributed by atoms with Gasteiger partial charge < -0.3 is 11.1 Å². The van der Waals surface area contributed by atoms with Crippen LogP contribution in [-0.2, 0) is 6.18 Å². The molecule has 0 aromatic carbocycles. The fourth-order valence-corrected chi connectivity index (χ4v) is 1.51. The molecule has 2 aromatic heterocycles. The third kappa shape index (κ3) is 3.27. The first-order valence-corrected chi connectivity index (χ1v) is 5.86. The molecule has 0 saturated heterocycles. The maximum absolute atomic E-state index is 12.8. The van der Waals surface area contributed by atoms with Crippen LogP contribution in [0.4, 0.5) is 19.1 Å². The van der Waals surface area contributed by atoms with Gasteiger partial charge in [0.05, 0.1) is 11.8 Å². The second-order valence-electron chi connectivity index (χ2n) is 4.00. The van der Waals surface area contributed by atoms with Crippen molar-refractivity contribution < 1.29 is 18.0 Å². The first-order valence-electron chi connectivity index (χ1n) is 5.86. The number of nitrogens with zero attached hydrogens (tertiary/aromatic N) is 4. The van der Waals surface area contributed by atoms with Crippen LogP contribution >= 0.6 is 0 Å². The summed E-state index contributed by atoms with van der Waals surface area (Å²) in [7, 11) is 0. The van der Waals surface area contributed by atoms with Crippen molar-refractivity contribution in [3.05, 3.63) is 29.7 Å². The molecule has 112 valence electrons. The summed E-state index contributed by atoms with van der Waals surface area (Å²) >= 11 is 0. The third-order valence-corrected chi connectivity index (χ3v) is 2.44. The van der Waals surface area contributed by atoms with Crippen molar-refractivity contribution in [1.82, 2.24) is 19.7 Å². The Morgan fingerprint density at radius 3 is 2.67 bits per heavy atom. The molecule has 0 radical (unpaired) electrons. The molecule has 10 heteroatoms. The lowest BCUT2D eigenvalue weighted by atomic mass is 10.3. The van der Waals surface area contributed by atoms with E-state index in [0.717, 1.165) is 16.9 Å². The molecular weight excluding hydrogens is 289 g/mol. The van der Waals surface area contributed by atoms with E-state index >= 15 is 0 Å². The summed E-state index contributed by atoms with van der Waals surface area (Å²) in [5.74, 6) is -1.04. The van der Waals surface area contributed by atoms with E-state index in [1.165, 1.54) is 6.20 Å². The zero-order valence-electron chi connectivity index (χ0n) is 10.8. The number of anilines is 1. The zero-order chi connectivity index (χ0) is 15.6. The van der Waals surface area contributed by atoms with E-state index in [9.17, 15) is 18.0 Å². The summed E-state index contributed by atoms with van der Waals surface area (Å²) in [5, 5.41) is 6.37. The number of halogens is 3. The highest BCUT2D eigenvalue weighted by Gasteiger charge is 2.34. The summed E-state index contributed by atoms with van der Waals surface area (Å²) in [6, 6.07) is 0.735. The van der Waals surface area contributed by atoms with Crippen LogP contribution in [0.5, 0.6) is 0 Å². The van der Waals surface area contributed by atoms with Gasteiger partial charge in [0.1, 0.15) is 0 Å². The lowest BCUT2D eigenvalue weighted by molar-refractivity contribution is -0.141. The quantitative estimate of drug-likeness (QED) is 0.884. The number of carbonyl (C=O) groups is 1. The molecule has 7 nitrogen and oxygen atoms in total. The second kappa shape index (κ2) is 5.38. The number of nitrogens with one attached hydrogen (secondary N) is 1. The van der Waals surface area contributed by atoms with Crippen LogP contribution in [-0.4, -0.2) is 32.2 Å². The number of alkyl halides is 3. The molecule has 0 aliphatic rings. The first kappa shape index (κ1) is 14.8. The predicted molar refractivity (Wildman–Crippen MR) is 66.8 cm³/mol. The van der Waals surface area contributed by atoms with E-state index in [-0.39, 0.29) is 17.3 Å². The lowest BCUT2D eigenvalue weighted by Crippen LogP contribution is -2.14. The molecule has 0 spiro atoms. The van der Waals surface area contributed by atoms with E-state index in [4.69, 9.17) is 5.73 Å². The highest BCUT2D eigenvalue weighted by atomic mass is 19.4. The molecular formula is C11H11F3N6O. The average molecular weight is 300 g/mol. The Balaban J connectivity index is 2.50. The van der Waals surface area contributed by atoms with Gasteiger partial charge in [-0.3, -0.25) is 4.79 Å². The Bertz CT molecular complexity index is 666. The molecule has 0 aliphatic carbocycles. The SMILES string of the molecule is CCNc1nc(-n2cc(C(N)=O)cn2)cc(C(F)(F)F)n1. The minimum atomic E-state index is -4.62. The van der Waals surface area contributed by atoms with E-state index in [0.29, 0.717) is 6.54 Å². The number of aromatic nitrogens is 4. The molecule has 21 heavy (non-hydrogen) atoms. The van der Waals surface area contributed by atoms with E-state index in [2.05, 4.69) is 20.4 Å². The molecule has 0 fully saturated rings. The number of carbonyl (C=O) groups excluding carboxylic acids is 1. The highest BCUT2D eigenvalue weighted by molar-refractivity contribution is 5.92. The first-order chi connectivity index (χ1) is 9.81. The van der Waals surface area contributed by atoms with Crippen molar-refractivity contribution in [2.75, 3.05) is 11.9 Å². The highest BCUT2D eigenvalue weighted by Crippen LogP contribution is 2.29. The van der Waals surface area contributed by atoms with Crippen LogP contribution in [0.3, 0.4) is 0 Å². The number of amides is 1. The largest absolute Gasteiger partial charge is 0.433 e. The summed E-state index contributed by atoms with van der Waals surface area (Å²) in [5.41, 5.74) is 4.02. The Labute approximate surface area is 117 Å². The standard InChI is InChI=1S/C11H11F3N6O/c1-2-16-10-18-7(11(12,13)14)3-8(19-10)20-5-6(4-17-20)9(15)21/h3-5H,2H2,1H3,(H2,15,21)(H,16,18,19). The molecule has 2 heterocycles. The molecule has 0 bridgehead atoms. The van der Waals surface area contributed by atoms with E-state index in [1.54, 1.807) is 6.92 Å². The van der Waals surface area contributed by atoms with Crippen molar-refractivity contribution in [2.24, 2.45) is 5.73 Å². The monoisotopic (exact) mass is 300 g/mol. The maximum Gasteiger partial charge on any atom is 0.433 e. The molecule has 3 N–H and O–H groups in total. The third-order valence-electron chi connectivity index (χ3n) is 2.44. The Morgan fingerprint density at radius 1 is 1.43 bits per heavy atom. The van der Waals surface area contributed by atoms with Gasteiger partial charge in [0.25, 0.3) is 5.91 Å². The lowest BCUT2D eigenvalue weighted by Gasteiger charge is -2.10. The van der Waals surface area contributed by atoms with Crippen LogP contribution in [0.25, 0.3) is 5.82 Å². The van der Waals surface area contributed by atoms with Gasteiger partial charge in [-0.2, -0.15) is 23.3 Å². The fourth-order valence-electron chi connectivity index (χ4n) is 1.51. The normalized spacial score (nSPS) is 11.4. The summed E-state index contributed by atoms with van der Waals surface area (Å²) in [4.78, 5) is 18.3. The van der Waals surface area contributed by atoms with Gasteiger partial charge in [-0.15, -0.1) is 0 Å². The molecule has 0 saturated carbocycles. The van der Waals surface area contributed by atoms with Crippen molar-refractivity contribution in [3.8, 4) is 5.82 Å². The van der Waals surface area contributed by atoms with Crippen molar-refractivity contribution in [3.63, 3.8) is 0 Å². The number of hydrogen-bond acceptors (Lipinski definition) is 5. The molecule has 0 aliphatic heterocycles. The van der Waals surface area contributed by atoms with Crippen molar-refractivity contribution in [1.29, 1.82) is 0 Å². The Hall–Kier alpha value is -2.65. The summed E-state index contributed by atoms with van der Waals surface area (Å²) in [6.45, 7) is 2.05. The molecule has 2 rings (SSSR count). The minimum Gasteiger partial charge on any atom is -0.366 e. The van der Waals surface area contributed by atoms with Crippen LogP contribution < -0.4 is 11.1 Å². The minimum absolute atomic E-state index is 0.0622. The fraction of sp³-hybridized carbons (Fsp3) is 0.273. The smallest absolute Gasteiger partial charge is 0.366 e. The summed E-state index contributed by atoms with van der Waals surface area (Å²) < 4.78 is 39.5. The van der Waals surface area contributed by atoms with E-state index < -0.39 is 17.8 Å². The Morgan fingerprint density at radius 2 is 2.14 bits per heavy atom. The molecule has 0 atom stereocenters. The van der Waals surface area contributed by atoms with Gasteiger partial charge in [0.2, 0.25) is 5.95 Å². The Kier molecular flexibility index (Phi) is 3.78. The maximum atomic E-state index is 12.8.